The molecule has 4 heterocycles. The predicted molar refractivity (Wildman–Crippen MR) is 166 cm³/mol. The Morgan fingerprint density at radius 3 is 2.70 bits per heavy atom. The van der Waals surface area contributed by atoms with Crippen LogP contribution in [0.4, 0.5) is 33.5 Å². The number of para-hydroxylation sites is 1. The van der Waals surface area contributed by atoms with Gasteiger partial charge in [0.1, 0.15) is 28.4 Å². The van der Waals surface area contributed by atoms with Crippen LogP contribution in [0.5, 0.6) is 11.5 Å². The molecule has 0 atom stereocenters. The van der Waals surface area contributed by atoms with Gasteiger partial charge in [0.2, 0.25) is 5.95 Å². The molecule has 0 unspecified atom stereocenters. The number of anilines is 5. The molecule has 6 rings (SSSR count). The zero-order valence-corrected chi connectivity index (χ0v) is 24.9. The average Bonchev–Trinajstić information content (AvgIpc) is 2.94. The van der Waals surface area contributed by atoms with Gasteiger partial charge in [-0.1, -0.05) is 12.1 Å². The van der Waals surface area contributed by atoms with Crippen LogP contribution in [0.15, 0.2) is 53.5 Å². The van der Waals surface area contributed by atoms with E-state index in [2.05, 4.69) is 10.3 Å². The lowest BCUT2D eigenvalue weighted by atomic mass is 10.1. The zero-order valence-electron chi connectivity index (χ0n) is 24.9. The Morgan fingerprint density at radius 1 is 1.05 bits per heavy atom. The first kappa shape index (κ1) is 28.3. The van der Waals surface area contributed by atoms with Crippen molar-refractivity contribution < 1.29 is 19.4 Å². The van der Waals surface area contributed by atoms with Gasteiger partial charge in [-0.3, -0.25) is 14.3 Å². The second kappa shape index (κ2) is 11.1. The van der Waals surface area contributed by atoms with Gasteiger partial charge in [-0.2, -0.15) is 4.98 Å². The first-order valence-corrected chi connectivity index (χ1v) is 14.6. The minimum absolute atomic E-state index is 0.0664. The molecule has 2 aromatic heterocycles. The number of aryl methyl sites for hydroxylation is 2. The minimum Gasteiger partial charge on any atom is -0.508 e. The van der Waals surface area contributed by atoms with E-state index in [0.29, 0.717) is 55.0 Å². The molecule has 1 amide bonds. The monoisotopic (exact) mass is 584 g/mol. The van der Waals surface area contributed by atoms with Crippen molar-refractivity contribution in [1.29, 1.82) is 0 Å². The van der Waals surface area contributed by atoms with Gasteiger partial charge in [-0.05, 0) is 64.7 Å². The highest BCUT2D eigenvalue weighted by Gasteiger charge is 2.33. The highest BCUT2D eigenvalue weighted by molar-refractivity contribution is 5.97. The van der Waals surface area contributed by atoms with E-state index in [1.54, 1.807) is 33.9 Å². The van der Waals surface area contributed by atoms with Crippen molar-refractivity contribution in [3.8, 4) is 11.5 Å². The van der Waals surface area contributed by atoms with Crippen LogP contribution in [-0.4, -0.2) is 51.0 Å². The molecule has 0 fully saturated rings. The molecular weight excluding hydrogens is 548 g/mol. The highest BCUT2D eigenvalue weighted by atomic mass is 16.6. The van der Waals surface area contributed by atoms with Crippen molar-refractivity contribution in [2.24, 2.45) is 0 Å². The van der Waals surface area contributed by atoms with Gasteiger partial charge in [0.05, 0.1) is 18.0 Å². The second-order valence-corrected chi connectivity index (χ2v) is 11.9. The number of hydrogen-bond donors (Lipinski definition) is 2. The maximum atomic E-state index is 14.2. The van der Waals surface area contributed by atoms with Crippen LogP contribution in [-0.2, 0) is 11.3 Å². The summed E-state index contributed by atoms with van der Waals surface area (Å²) in [5, 5.41) is 14.0. The van der Waals surface area contributed by atoms with Gasteiger partial charge in [-0.15, -0.1) is 0 Å². The molecule has 11 heteroatoms. The maximum absolute atomic E-state index is 14.2. The molecule has 0 saturated carbocycles. The number of rotatable bonds is 1. The molecule has 43 heavy (non-hydrogen) atoms. The van der Waals surface area contributed by atoms with Crippen LogP contribution in [0, 0.1) is 6.92 Å². The van der Waals surface area contributed by atoms with Gasteiger partial charge in [0.15, 0.2) is 0 Å². The van der Waals surface area contributed by atoms with Crippen molar-refractivity contribution in [1.82, 2.24) is 14.5 Å². The molecule has 0 saturated heterocycles. The Bertz CT molecular complexity index is 1760. The summed E-state index contributed by atoms with van der Waals surface area (Å²) in [6.45, 7) is 9.23. The van der Waals surface area contributed by atoms with E-state index in [-0.39, 0.29) is 11.3 Å². The number of ether oxygens (including phenoxy) is 2. The van der Waals surface area contributed by atoms with Gasteiger partial charge in [0, 0.05) is 55.1 Å². The molecule has 0 aliphatic carbocycles. The summed E-state index contributed by atoms with van der Waals surface area (Å²) in [5.74, 6) is 0.926. The number of aromatic nitrogens is 3. The van der Waals surface area contributed by atoms with Crippen LogP contribution < -0.4 is 25.4 Å². The summed E-state index contributed by atoms with van der Waals surface area (Å²) in [7, 11) is 0. The van der Waals surface area contributed by atoms with Crippen LogP contribution in [0.1, 0.15) is 45.6 Å². The Morgan fingerprint density at radius 2 is 1.88 bits per heavy atom. The summed E-state index contributed by atoms with van der Waals surface area (Å²) in [6, 6.07) is 12.6. The molecule has 2 aromatic carbocycles. The quantitative estimate of drug-likeness (QED) is 0.277. The summed E-state index contributed by atoms with van der Waals surface area (Å²) >= 11 is 0. The zero-order chi connectivity index (χ0) is 30.3. The van der Waals surface area contributed by atoms with Crippen LogP contribution >= 0.6 is 0 Å². The Kier molecular flexibility index (Phi) is 7.33. The number of benzene rings is 2. The second-order valence-electron chi connectivity index (χ2n) is 11.9. The predicted octanol–water partition coefficient (Wildman–Crippen LogP) is 6.01. The number of phenolic OH excluding ortho intramolecular Hbond substituents is 1. The van der Waals surface area contributed by atoms with E-state index in [0.717, 1.165) is 41.6 Å². The van der Waals surface area contributed by atoms with E-state index in [9.17, 15) is 14.7 Å². The third-order valence-electron chi connectivity index (χ3n) is 7.48. The number of nitrogens with one attached hydrogen (secondary N) is 1. The number of hydrogen-bond acceptors (Lipinski definition) is 9. The fourth-order valence-corrected chi connectivity index (χ4v) is 5.61. The van der Waals surface area contributed by atoms with E-state index < -0.39 is 11.7 Å². The van der Waals surface area contributed by atoms with Crippen LogP contribution in [0.3, 0.4) is 0 Å². The van der Waals surface area contributed by atoms with Crippen molar-refractivity contribution in [3.05, 3.63) is 64.6 Å². The number of amides is 1. The smallest absolute Gasteiger partial charge is 0.414 e. The molecule has 2 aliphatic heterocycles. The average molecular weight is 585 g/mol. The van der Waals surface area contributed by atoms with Crippen molar-refractivity contribution in [2.75, 3.05) is 34.8 Å². The van der Waals surface area contributed by atoms with Gasteiger partial charge >= 0.3 is 6.09 Å². The maximum Gasteiger partial charge on any atom is 0.414 e. The molecule has 4 aromatic rings. The fourth-order valence-electron chi connectivity index (χ4n) is 5.61. The Hall–Kier alpha value is -4.80. The minimum atomic E-state index is -0.634. The molecule has 11 nitrogen and oxygen atoms in total. The molecule has 2 N–H and O–H groups in total. The summed E-state index contributed by atoms with van der Waals surface area (Å²) in [5.41, 5.74) is 3.19. The largest absolute Gasteiger partial charge is 0.508 e. The molecule has 0 spiro atoms. The molecular formula is C32H36N6O5. The van der Waals surface area contributed by atoms with E-state index >= 15 is 0 Å². The molecule has 224 valence electrons. The number of phenols is 1. The number of carbonyl (C=O) groups excluding carboxylic acids is 1. The SMILES string of the molecule is Cc1cccc2c1N(C(=O)OC(C)(C)C)CCN2c1cc2cnc3nc2n(c1=O)CCCCCOc1cc(O)cc(c1)N3. The summed E-state index contributed by atoms with van der Waals surface area (Å²) in [4.78, 5) is 40.3. The van der Waals surface area contributed by atoms with Crippen LogP contribution in [0.25, 0.3) is 11.0 Å². The van der Waals surface area contributed by atoms with Crippen molar-refractivity contribution in [2.45, 2.75) is 59.1 Å². The lowest BCUT2D eigenvalue weighted by Gasteiger charge is -2.39. The first-order chi connectivity index (χ1) is 20.6. The number of nitrogens with zero attached hydrogens (tertiary/aromatic N) is 5. The molecule has 2 aliphatic rings. The summed E-state index contributed by atoms with van der Waals surface area (Å²) in [6.07, 6.45) is 3.68. The number of fused-ring (bicyclic) bond motifs is 4. The van der Waals surface area contributed by atoms with Gasteiger partial charge < -0.3 is 24.8 Å². The van der Waals surface area contributed by atoms with E-state index in [1.165, 1.54) is 0 Å². The van der Waals surface area contributed by atoms with E-state index in [4.69, 9.17) is 14.5 Å². The topological polar surface area (TPSA) is 122 Å². The number of aromatic hydroxyl groups is 1. The van der Waals surface area contributed by atoms with Gasteiger partial charge in [0.25, 0.3) is 5.56 Å². The number of carbonyl (C=O) groups is 1. The Labute approximate surface area is 249 Å². The van der Waals surface area contributed by atoms with Crippen LogP contribution in [0.2, 0.25) is 0 Å². The van der Waals surface area contributed by atoms with Gasteiger partial charge in [-0.25, -0.2) is 9.78 Å². The lowest BCUT2D eigenvalue weighted by Crippen LogP contribution is -2.46. The first-order valence-electron chi connectivity index (χ1n) is 14.6. The highest BCUT2D eigenvalue weighted by Crippen LogP contribution is 2.40. The molecule has 0 radical (unpaired) electrons. The van der Waals surface area contributed by atoms with Crippen molar-refractivity contribution >= 4 is 45.8 Å². The van der Waals surface area contributed by atoms with E-state index in [1.807, 2.05) is 56.9 Å². The third kappa shape index (κ3) is 5.79. The molecule has 4 bridgehead atoms. The Balaban J connectivity index is 1.44. The lowest BCUT2D eigenvalue weighted by molar-refractivity contribution is 0.0580. The standard InChI is InChI=1S/C32H36N6O5/c1-20-9-8-10-25-27(20)37(31(41)43-32(2,3)4)13-12-36(25)26-15-21-19-33-30-34-22-16-23(39)18-24(17-22)42-14-7-5-6-11-38(29(26)40)28(21)35-30/h8-10,15-19,39H,5-7,11-14H2,1-4H3,(H,33,34,35). The number of pyridine rings is 1. The normalized spacial score (nSPS) is 15.3. The summed E-state index contributed by atoms with van der Waals surface area (Å²) < 4.78 is 13.3. The fraction of sp³-hybridized carbons (Fsp3) is 0.375. The van der Waals surface area contributed by atoms with Crippen molar-refractivity contribution in [3.63, 3.8) is 0 Å². The third-order valence-corrected chi connectivity index (χ3v) is 7.48.